The van der Waals surface area contributed by atoms with E-state index >= 15 is 0 Å². The zero-order valence-corrected chi connectivity index (χ0v) is 17.6. The Morgan fingerprint density at radius 3 is 2.81 bits per heavy atom. The number of imide groups is 1. The normalized spacial score (nSPS) is 18.9. The van der Waals surface area contributed by atoms with Crippen molar-refractivity contribution in [3.05, 3.63) is 53.0 Å². The Morgan fingerprint density at radius 2 is 2.00 bits per heavy atom. The second-order valence-electron chi connectivity index (χ2n) is 7.33. The average Bonchev–Trinajstić information content (AvgIpc) is 3.32. The summed E-state index contributed by atoms with van der Waals surface area (Å²) < 4.78 is 29.2. The largest absolute Gasteiger partial charge is 0.322 e. The van der Waals surface area contributed by atoms with Crippen LogP contribution in [0.5, 0.6) is 0 Å². The molecule has 1 fully saturated rings. The van der Waals surface area contributed by atoms with Crippen molar-refractivity contribution in [2.24, 2.45) is 0 Å². The lowest BCUT2D eigenvalue weighted by atomic mass is 10.0. The van der Waals surface area contributed by atoms with Crippen LogP contribution in [0.25, 0.3) is 10.2 Å². The van der Waals surface area contributed by atoms with Gasteiger partial charge < -0.3 is 4.90 Å². The number of rotatable bonds is 4. The smallest absolute Gasteiger partial charge is 0.264 e. The highest BCUT2D eigenvalue weighted by molar-refractivity contribution is 7.93. The lowest BCUT2D eigenvalue weighted by molar-refractivity contribution is -0.136. The Balaban J connectivity index is 1.41. The number of fused-ring (bicyclic) bond motifs is 2. The van der Waals surface area contributed by atoms with Crippen molar-refractivity contribution in [3.63, 3.8) is 0 Å². The van der Waals surface area contributed by atoms with Crippen LogP contribution in [0.3, 0.4) is 0 Å². The first-order valence-electron chi connectivity index (χ1n) is 9.46. The minimum absolute atomic E-state index is 0.0768. The third kappa shape index (κ3) is 3.35. The number of benzene rings is 2. The summed E-state index contributed by atoms with van der Waals surface area (Å²) in [5, 5.41) is 2.26. The first-order chi connectivity index (χ1) is 14.8. The summed E-state index contributed by atoms with van der Waals surface area (Å²) >= 11 is 1.35. The summed E-state index contributed by atoms with van der Waals surface area (Å²) in [7, 11) is -3.90. The molecule has 0 aliphatic carbocycles. The second-order valence-corrected chi connectivity index (χ2v) is 9.87. The van der Waals surface area contributed by atoms with E-state index in [9.17, 15) is 22.8 Å². The standard InChI is InChI=1S/C20H16N4O5S2/c25-17-7-6-14(19(26)22-17)24-9-11-8-12(4-5-13(11)20(24)27)23-31(28,29)16-3-1-2-15-18(16)21-10-30-15/h1-5,8,10,14,23H,6-7,9H2,(H,22,25,26). The molecule has 158 valence electrons. The molecular formula is C20H16N4O5S2. The monoisotopic (exact) mass is 456 g/mol. The molecular weight excluding hydrogens is 440 g/mol. The van der Waals surface area contributed by atoms with Crippen molar-refractivity contribution < 1.29 is 22.8 Å². The van der Waals surface area contributed by atoms with Gasteiger partial charge in [-0.05, 0) is 42.3 Å². The first kappa shape index (κ1) is 19.6. The molecule has 0 saturated carbocycles. The summed E-state index contributed by atoms with van der Waals surface area (Å²) in [6, 6.07) is 8.89. The summed E-state index contributed by atoms with van der Waals surface area (Å²) in [4.78, 5) is 42.0. The number of anilines is 1. The lowest BCUT2D eigenvalue weighted by Crippen LogP contribution is -2.52. The van der Waals surface area contributed by atoms with Crippen molar-refractivity contribution >= 4 is 55.0 Å². The molecule has 1 unspecified atom stereocenters. The van der Waals surface area contributed by atoms with E-state index in [1.54, 1.807) is 29.8 Å². The number of piperidine rings is 1. The number of hydrogen-bond acceptors (Lipinski definition) is 7. The predicted octanol–water partition coefficient (Wildman–Crippen LogP) is 1.86. The Bertz CT molecular complexity index is 1360. The van der Waals surface area contributed by atoms with Crippen molar-refractivity contribution in [2.75, 3.05) is 4.72 Å². The van der Waals surface area contributed by atoms with Gasteiger partial charge in [0.15, 0.2) is 0 Å². The molecule has 0 bridgehead atoms. The number of carbonyl (C=O) groups excluding carboxylic acids is 3. The SMILES string of the molecule is O=C1CCC(N2Cc3cc(NS(=O)(=O)c4cccc5scnc45)ccc3C2=O)C(=O)N1. The van der Waals surface area contributed by atoms with Crippen LogP contribution in [0.15, 0.2) is 46.8 Å². The van der Waals surface area contributed by atoms with Gasteiger partial charge in [-0.2, -0.15) is 0 Å². The van der Waals surface area contributed by atoms with E-state index < -0.39 is 22.0 Å². The number of nitrogens with zero attached hydrogens (tertiary/aromatic N) is 2. The zero-order valence-electron chi connectivity index (χ0n) is 16.0. The second kappa shape index (κ2) is 7.13. The van der Waals surface area contributed by atoms with Crippen LogP contribution in [-0.4, -0.2) is 42.1 Å². The molecule has 2 aromatic carbocycles. The third-order valence-corrected chi connectivity index (χ3v) is 7.60. The molecule has 3 heterocycles. The van der Waals surface area contributed by atoms with Gasteiger partial charge in [-0.3, -0.25) is 24.4 Å². The van der Waals surface area contributed by atoms with Crippen molar-refractivity contribution in [3.8, 4) is 0 Å². The van der Waals surface area contributed by atoms with Gasteiger partial charge in [-0.1, -0.05) is 6.07 Å². The number of carbonyl (C=O) groups is 3. The molecule has 2 N–H and O–H groups in total. The van der Waals surface area contributed by atoms with Crippen LogP contribution in [0.2, 0.25) is 0 Å². The number of sulfonamides is 1. The van der Waals surface area contributed by atoms with E-state index in [-0.39, 0.29) is 36.1 Å². The van der Waals surface area contributed by atoms with E-state index in [4.69, 9.17) is 0 Å². The van der Waals surface area contributed by atoms with Crippen molar-refractivity contribution in [1.29, 1.82) is 0 Å². The fourth-order valence-corrected chi connectivity index (χ4v) is 5.92. The van der Waals surface area contributed by atoms with Gasteiger partial charge in [-0.25, -0.2) is 13.4 Å². The molecule has 11 heteroatoms. The van der Waals surface area contributed by atoms with Crippen LogP contribution in [0, 0.1) is 0 Å². The molecule has 31 heavy (non-hydrogen) atoms. The van der Waals surface area contributed by atoms with Crippen LogP contribution in [-0.2, 0) is 26.2 Å². The van der Waals surface area contributed by atoms with Gasteiger partial charge in [-0.15, -0.1) is 11.3 Å². The minimum atomic E-state index is -3.90. The van der Waals surface area contributed by atoms with Gasteiger partial charge in [0.05, 0.1) is 10.2 Å². The molecule has 2 aliphatic rings. The van der Waals surface area contributed by atoms with E-state index in [2.05, 4.69) is 15.0 Å². The van der Waals surface area contributed by atoms with E-state index in [0.29, 0.717) is 22.3 Å². The predicted molar refractivity (Wildman–Crippen MR) is 113 cm³/mol. The lowest BCUT2D eigenvalue weighted by Gasteiger charge is -2.29. The van der Waals surface area contributed by atoms with E-state index in [1.807, 2.05) is 0 Å². The number of nitrogens with one attached hydrogen (secondary N) is 2. The maximum Gasteiger partial charge on any atom is 0.264 e. The van der Waals surface area contributed by atoms with Gasteiger partial charge in [0.25, 0.3) is 15.9 Å². The Morgan fingerprint density at radius 1 is 1.16 bits per heavy atom. The van der Waals surface area contributed by atoms with Crippen LogP contribution >= 0.6 is 11.3 Å². The quantitative estimate of drug-likeness (QED) is 0.577. The topological polar surface area (TPSA) is 126 Å². The summed E-state index contributed by atoms with van der Waals surface area (Å²) in [5.41, 5.74) is 3.33. The molecule has 3 amide bonds. The molecule has 2 aliphatic heterocycles. The highest BCUT2D eigenvalue weighted by Crippen LogP contribution is 2.31. The van der Waals surface area contributed by atoms with Crippen molar-refractivity contribution in [1.82, 2.24) is 15.2 Å². The highest BCUT2D eigenvalue weighted by atomic mass is 32.2. The van der Waals surface area contributed by atoms with Crippen LogP contribution in [0.1, 0.15) is 28.8 Å². The number of aromatic nitrogens is 1. The third-order valence-electron chi connectivity index (χ3n) is 5.39. The number of para-hydroxylation sites is 1. The van der Waals surface area contributed by atoms with Gasteiger partial charge >= 0.3 is 0 Å². The maximum atomic E-state index is 13.0. The Labute approximate surface area is 181 Å². The van der Waals surface area contributed by atoms with Gasteiger partial charge in [0.1, 0.15) is 16.5 Å². The van der Waals surface area contributed by atoms with Crippen molar-refractivity contribution in [2.45, 2.75) is 30.3 Å². The minimum Gasteiger partial charge on any atom is -0.322 e. The van der Waals surface area contributed by atoms with E-state index in [1.165, 1.54) is 28.4 Å². The average molecular weight is 457 g/mol. The van der Waals surface area contributed by atoms with E-state index in [0.717, 1.165) is 4.70 Å². The zero-order chi connectivity index (χ0) is 21.8. The molecule has 0 spiro atoms. The number of amides is 3. The molecule has 9 nitrogen and oxygen atoms in total. The number of thiazole rings is 1. The summed E-state index contributed by atoms with van der Waals surface area (Å²) in [6.07, 6.45) is 0.436. The summed E-state index contributed by atoms with van der Waals surface area (Å²) in [5.74, 6) is -1.15. The molecule has 1 atom stereocenters. The Hall–Kier alpha value is -3.31. The first-order valence-corrected chi connectivity index (χ1v) is 11.8. The fraction of sp³-hybridized carbons (Fsp3) is 0.200. The van der Waals surface area contributed by atoms with Gasteiger partial charge in [0, 0.05) is 24.2 Å². The molecule has 1 aromatic heterocycles. The van der Waals surface area contributed by atoms with Gasteiger partial charge in [0.2, 0.25) is 11.8 Å². The van der Waals surface area contributed by atoms with Crippen LogP contribution in [0.4, 0.5) is 5.69 Å². The molecule has 1 saturated heterocycles. The molecule has 5 rings (SSSR count). The Kier molecular flexibility index (Phi) is 4.52. The highest BCUT2D eigenvalue weighted by Gasteiger charge is 2.39. The molecule has 0 radical (unpaired) electrons. The number of hydrogen-bond donors (Lipinski definition) is 2. The van der Waals surface area contributed by atoms with Crippen LogP contribution < -0.4 is 10.0 Å². The maximum absolute atomic E-state index is 13.0. The molecule has 3 aromatic rings. The fourth-order valence-electron chi connectivity index (χ4n) is 3.93. The summed E-state index contributed by atoms with van der Waals surface area (Å²) in [6.45, 7) is 0.164.